The molecular formula is C24H25F3N4O2. The Bertz CT molecular complexity index is 1090. The van der Waals surface area contributed by atoms with Gasteiger partial charge in [-0.2, -0.15) is 18.3 Å². The predicted octanol–water partition coefficient (Wildman–Crippen LogP) is 4.12. The summed E-state index contributed by atoms with van der Waals surface area (Å²) in [6, 6.07) is 16.3. The first-order valence-electron chi connectivity index (χ1n) is 10.7. The highest BCUT2D eigenvalue weighted by atomic mass is 19.4. The van der Waals surface area contributed by atoms with E-state index in [1.54, 1.807) is 29.2 Å². The highest BCUT2D eigenvalue weighted by molar-refractivity contribution is 5.94. The second-order valence-corrected chi connectivity index (χ2v) is 8.31. The molecule has 1 unspecified atom stereocenters. The van der Waals surface area contributed by atoms with Gasteiger partial charge in [-0.3, -0.25) is 9.48 Å². The van der Waals surface area contributed by atoms with Crippen molar-refractivity contribution < 1.29 is 23.1 Å². The first-order valence-corrected chi connectivity index (χ1v) is 10.7. The third kappa shape index (κ3) is 5.19. The number of nitrogen functional groups attached to an aromatic ring is 1. The maximum atomic E-state index is 12.9. The summed E-state index contributed by atoms with van der Waals surface area (Å²) in [5.41, 5.74) is 6.00. The smallest absolute Gasteiger partial charge is 0.396 e. The van der Waals surface area contributed by atoms with Gasteiger partial charge in [0.2, 0.25) is 0 Å². The van der Waals surface area contributed by atoms with Crippen molar-refractivity contribution in [1.29, 1.82) is 0 Å². The molecule has 1 saturated heterocycles. The summed E-state index contributed by atoms with van der Waals surface area (Å²) in [6.45, 7) is 1.22. The Kier molecular flexibility index (Phi) is 6.42. The normalized spacial score (nSPS) is 16.1. The van der Waals surface area contributed by atoms with Gasteiger partial charge in [0.15, 0.2) is 5.69 Å². The molecule has 2 aromatic carbocycles. The maximum Gasteiger partial charge on any atom is 0.437 e. The Morgan fingerprint density at radius 3 is 2.30 bits per heavy atom. The molecule has 0 saturated carbocycles. The van der Waals surface area contributed by atoms with Crippen molar-refractivity contribution in [3.8, 4) is 0 Å². The van der Waals surface area contributed by atoms with Crippen molar-refractivity contribution in [1.82, 2.24) is 14.7 Å². The van der Waals surface area contributed by atoms with E-state index in [-0.39, 0.29) is 18.4 Å². The van der Waals surface area contributed by atoms with Gasteiger partial charge in [0, 0.05) is 24.8 Å². The van der Waals surface area contributed by atoms with Gasteiger partial charge in [-0.1, -0.05) is 42.5 Å². The average Bonchev–Trinajstić information content (AvgIpc) is 3.20. The van der Waals surface area contributed by atoms with Crippen LogP contribution < -0.4 is 5.73 Å². The van der Waals surface area contributed by atoms with E-state index in [1.165, 1.54) is 0 Å². The Hall–Kier alpha value is -3.33. The third-order valence-corrected chi connectivity index (χ3v) is 6.02. The quantitative estimate of drug-likeness (QED) is 0.603. The number of aliphatic hydroxyl groups excluding tert-OH is 1. The zero-order chi connectivity index (χ0) is 23.6. The minimum atomic E-state index is -4.60. The number of aromatic nitrogens is 2. The summed E-state index contributed by atoms with van der Waals surface area (Å²) in [5.74, 6) is -0.00110. The molecule has 4 rings (SSSR count). The van der Waals surface area contributed by atoms with E-state index >= 15 is 0 Å². The van der Waals surface area contributed by atoms with Crippen LogP contribution in [-0.4, -0.2) is 38.8 Å². The summed E-state index contributed by atoms with van der Waals surface area (Å²) in [5, 5.41) is 14.1. The summed E-state index contributed by atoms with van der Waals surface area (Å²) in [6.07, 6.45) is -2.58. The monoisotopic (exact) mass is 458 g/mol. The number of piperidine rings is 1. The number of carbonyl (C=O) groups is 1. The molecule has 1 fully saturated rings. The van der Waals surface area contributed by atoms with Crippen LogP contribution >= 0.6 is 0 Å². The molecule has 1 aliphatic rings. The molecule has 0 radical (unpaired) electrons. The van der Waals surface area contributed by atoms with Crippen molar-refractivity contribution in [2.24, 2.45) is 5.92 Å². The van der Waals surface area contributed by atoms with Crippen LogP contribution in [0.3, 0.4) is 0 Å². The van der Waals surface area contributed by atoms with Gasteiger partial charge in [-0.15, -0.1) is 0 Å². The Morgan fingerprint density at radius 1 is 1.09 bits per heavy atom. The first kappa shape index (κ1) is 22.8. The largest absolute Gasteiger partial charge is 0.437 e. The van der Waals surface area contributed by atoms with E-state index in [1.807, 2.05) is 30.3 Å². The summed E-state index contributed by atoms with van der Waals surface area (Å²) < 4.78 is 39.7. The first-order chi connectivity index (χ1) is 15.7. The molecule has 0 aliphatic carbocycles. The second-order valence-electron chi connectivity index (χ2n) is 8.31. The highest BCUT2D eigenvalue weighted by Crippen LogP contribution is 2.32. The number of carbonyl (C=O) groups excluding carboxylic acids is 1. The number of halogens is 3. The van der Waals surface area contributed by atoms with Crippen LogP contribution in [0.15, 0.2) is 60.8 Å². The second kappa shape index (κ2) is 9.27. The number of aliphatic hydroxyl groups is 1. The van der Waals surface area contributed by atoms with E-state index in [2.05, 4.69) is 5.10 Å². The molecule has 3 aromatic rings. The molecular weight excluding hydrogens is 433 g/mol. The number of alkyl halides is 3. The minimum Gasteiger partial charge on any atom is -0.396 e. The lowest BCUT2D eigenvalue weighted by molar-refractivity contribution is -0.140. The van der Waals surface area contributed by atoms with Crippen LogP contribution in [0.1, 0.15) is 46.1 Å². The van der Waals surface area contributed by atoms with Crippen LogP contribution in [0.2, 0.25) is 0 Å². The zero-order valence-electron chi connectivity index (χ0n) is 17.9. The number of rotatable bonds is 5. The Morgan fingerprint density at radius 2 is 1.73 bits per heavy atom. The summed E-state index contributed by atoms with van der Waals surface area (Å²) in [7, 11) is 0. The summed E-state index contributed by atoms with van der Waals surface area (Å²) >= 11 is 0. The number of likely N-dealkylation sites (tertiary alicyclic amines) is 1. The Balaban J connectivity index is 1.34. The van der Waals surface area contributed by atoms with Gasteiger partial charge in [-0.05, 0) is 42.0 Å². The topological polar surface area (TPSA) is 84.4 Å². The fraction of sp³-hybridized carbons (Fsp3) is 0.333. The van der Waals surface area contributed by atoms with Crippen molar-refractivity contribution >= 4 is 11.6 Å². The number of hydrogen-bond donors (Lipinski definition) is 2. The van der Waals surface area contributed by atoms with Gasteiger partial charge in [0.05, 0.1) is 18.3 Å². The number of nitrogens with two attached hydrogens (primary N) is 1. The average molecular weight is 458 g/mol. The van der Waals surface area contributed by atoms with Crippen molar-refractivity contribution in [2.45, 2.75) is 31.7 Å². The van der Waals surface area contributed by atoms with E-state index in [0.717, 1.165) is 16.4 Å². The van der Waals surface area contributed by atoms with Crippen molar-refractivity contribution in [3.05, 3.63) is 83.2 Å². The van der Waals surface area contributed by atoms with Gasteiger partial charge < -0.3 is 15.7 Å². The molecule has 1 aliphatic heterocycles. The third-order valence-electron chi connectivity index (χ3n) is 6.02. The highest BCUT2D eigenvalue weighted by Gasteiger charge is 2.36. The number of amides is 1. The van der Waals surface area contributed by atoms with Crippen LogP contribution in [0.5, 0.6) is 0 Å². The molecule has 9 heteroatoms. The molecule has 1 atom stereocenters. The van der Waals surface area contributed by atoms with Crippen LogP contribution in [-0.2, 0) is 12.7 Å². The van der Waals surface area contributed by atoms with E-state index < -0.39 is 23.7 Å². The molecule has 2 heterocycles. The molecule has 0 spiro atoms. The van der Waals surface area contributed by atoms with Gasteiger partial charge in [0.1, 0.15) is 0 Å². The van der Waals surface area contributed by atoms with Crippen LogP contribution in [0.25, 0.3) is 0 Å². The Labute approximate surface area is 189 Å². The minimum absolute atomic E-state index is 0.0990. The van der Waals surface area contributed by atoms with Crippen molar-refractivity contribution in [2.75, 3.05) is 18.8 Å². The lowest BCUT2D eigenvalue weighted by Gasteiger charge is -2.34. The molecule has 1 amide bonds. The van der Waals surface area contributed by atoms with Gasteiger partial charge >= 0.3 is 6.18 Å². The lowest BCUT2D eigenvalue weighted by Crippen LogP contribution is -2.39. The number of nitrogens with zero attached hydrogens (tertiary/aromatic N) is 3. The molecule has 174 valence electrons. The van der Waals surface area contributed by atoms with E-state index in [4.69, 9.17) is 5.73 Å². The van der Waals surface area contributed by atoms with E-state index in [0.29, 0.717) is 37.1 Å². The molecule has 1 aromatic heterocycles. The van der Waals surface area contributed by atoms with Crippen molar-refractivity contribution in [3.63, 3.8) is 0 Å². The number of anilines is 1. The van der Waals surface area contributed by atoms with Gasteiger partial charge in [-0.25, -0.2) is 0 Å². The SMILES string of the molecule is Nc1cn(Cc2ccc(C(=O)N3CCC(C(O)c4ccccc4)CC3)cc2)nc1C(F)(F)F. The standard InChI is InChI=1S/C24H25F3N4O2/c25-24(26,27)22-20(28)15-31(29-22)14-16-6-8-19(9-7-16)23(33)30-12-10-18(11-13-30)21(32)17-4-2-1-3-5-17/h1-9,15,18,21,32H,10-14,28H2. The number of benzene rings is 2. The summed E-state index contributed by atoms with van der Waals surface area (Å²) in [4.78, 5) is 14.6. The molecule has 6 nitrogen and oxygen atoms in total. The fourth-order valence-electron chi connectivity index (χ4n) is 4.20. The maximum absolute atomic E-state index is 12.9. The molecule has 0 bridgehead atoms. The van der Waals surface area contributed by atoms with E-state index in [9.17, 15) is 23.1 Å². The number of hydrogen-bond acceptors (Lipinski definition) is 4. The van der Waals surface area contributed by atoms with Gasteiger partial charge in [0.25, 0.3) is 5.91 Å². The molecule has 33 heavy (non-hydrogen) atoms. The predicted molar refractivity (Wildman–Crippen MR) is 117 cm³/mol. The lowest BCUT2D eigenvalue weighted by atomic mass is 9.87. The zero-order valence-corrected chi connectivity index (χ0v) is 17.9. The van der Waals surface area contributed by atoms with Crippen LogP contribution in [0.4, 0.5) is 18.9 Å². The molecule has 3 N–H and O–H groups in total. The van der Waals surface area contributed by atoms with Crippen LogP contribution in [0, 0.1) is 5.92 Å². The fourth-order valence-corrected chi connectivity index (χ4v) is 4.20.